The minimum absolute atomic E-state index is 0.0851. The summed E-state index contributed by atoms with van der Waals surface area (Å²) in [6, 6.07) is 14.7. The molecule has 1 saturated heterocycles. The molecule has 2 heterocycles. The molecule has 8 nitrogen and oxygen atoms in total. The summed E-state index contributed by atoms with van der Waals surface area (Å²) in [5.74, 6) is -2.30. The second-order valence-corrected chi connectivity index (χ2v) is 7.36. The van der Waals surface area contributed by atoms with Gasteiger partial charge < -0.3 is 24.7 Å². The molecule has 0 saturated carbocycles. The van der Waals surface area contributed by atoms with Crippen molar-refractivity contribution >= 4 is 23.5 Å². The third-order valence-corrected chi connectivity index (χ3v) is 5.48. The van der Waals surface area contributed by atoms with Crippen molar-refractivity contribution in [1.29, 1.82) is 0 Å². The number of hydrogen-bond acceptors (Lipinski definition) is 5. The van der Waals surface area contributed by atoms with E-state index in [0.717, 1.165) is 12.0 Å². The quantitative estimate of drug-likeness (QED) is 0.781. The Morgan fingerprint density at radius 3 is 2.60 bits per heavy atom. The molecule has 30 heavy (non-hydrogen) atoms. The maximum atomic E-state index is 13.1. The van der Waals surface area contributed by atoms with Gasteiger partial charge in [0.05, 0.1) is 6.61 Å². The van der Waals surface area contributed by atoms with Crippen LogP contribution >= 0.6 is 0 Å². The first-order valence-corrected chi connectivity index (χ1v) is 9.75. The zero-order valence-electron chi connectivity index (χ0n) is 16.2. The number of carbonyl (C=O) groups excluding carboxylic acids is 2. The molecule has 4 rings (SSSR count). The van der Waals surface area contributed by atoms with Crippen LogP contribution in [0.15, 0.2) is 48.5 Å². The zero-order valence-corrected chi connectivity index (χ0v) is 16.2. The molecule has 2 aliphatic heterocycles. The van der Waals surface area contributed by atoms with Crippen LogP contribution in [0, 0.1) is 0 Å². The number of aliphatic carboxylic acids is 1. The highest BCUT2D eigenvalue weighted by Gasteiger charge is 2.39. The number of benzene rings is 2. The average Bonchev–Trinajstić information content (AvgIpc) is 2.78. The molecule has 2 aromatic carbocycles. The molecular formula is C22H22N2O6. The molecule has 0 aromatic heterocycles. The van der Waals surface area contributed by atoms with Gasteiger partial charge >= 0.3 is 5.97 Å². The maximum absolute atomic E-state index is 13.1. The van der Waals surface area contributed by atoms with Gasteiger partial charge in [0.2, 0.25) is 0 Å². The lowest BCUT2D eigenvalue weighted by atomic mass is 9.99. The number of amides is 2. The highest BCUT2D eigenvalue weighted by molar-refractivity contribution is 6.01. The van der Waals surface area contributed by atoms with Gasteiger partial charge in [0.1, 0.15) is 0 Å². The average molecular weight is 410 g/mol. The number of hydrogen-bond donors (Lipinski definition) is 2. The minimum Gasteiger partial charge on any atom is -0.479 e. The van der Waals surface area contributed by atoms with Gasteiger partial charge in [-0.25, -0.2) is 4.79 Å². The van der Waals surface area contributed by atoms with Crippen molar-refractivity contribution in [3.63, 3.8) is 0 Å². The van der Waals surface area contributed by atoms with Crippen molar-refractivity contribution in [1.82, 2.24) is 4.90 Å². The number of carboxylic acids is 1. The van der Waals surface area contributed by atoms with Gasteiger partial charge in [-0.1, -0.05) is 30.3 Å². The van der Waals surface area contributed by atoms with E-state index in [1.54, 1.807) is 29.2 Å². The Morgan fingerprint density at radius 1 is 1.07 bits per heavy atom. The number of rotatable bonds is 4. The first-order valence-electron chi connectivity index (χ1n) is 9.75. The van der Waals surface area contributed by atoms with Crippen molar-refractivity contribution < 1.29 is 29.3 Å². The monoisotopic (exact) mass is 410 g/mol. The SMILES string of the molecule is O=C(O)C(O)C1OCCN(c2cccc(C(=O)N3CCc4ccccc4C3)c2)C1=O. The summed E-state index contributed by atoms with van der Waals surface area (Å²) in [6.07, 6.45) is -2.63. The van der Waals surface area contributed by atoms with E-state index in [4.69, 9.17) is 9.84 Å². The number of nitrogens with zero attached hydrogens (tertiary/aromatic N) is 2. The Kier molecular flexibility index (Phi) is 5.52. The van der Waals surface area contributed by atoms with Crippen molar-refractivity contribution in [3.8, 4) is 0 Å². The summed E-state index contributed by atoms with van der Waals surface area (Å²) in [5.41, 5.74) is 3.29. The Labute approximate surface area is 173 Å². The Morgan fingerprint density at radius 2 is 1.83 bits per heavy atom. The second-order valence-electron chi connectivity index (χ2n) is 7.36. The van der Waals surface area contributed by atoms with Crippen molar-refractivity contribution in [2.24, 2.45) is 0 Å². The molecular weight excluding hydrogens is 388 g/mol. The van der Waals surface area contributed by atoms with E-state index in [0.29, 0.717) is 24.3 Å². The highest BCUT2D eigenvalue weighted by Crippen LogP contribution is 2.24. The molecule has 0 radical (unpaired) electrons. The topological polar surface area (TPSA) is 107 Å². The number of aliphatic hydroxyl groups excluding tert-OH is 1. The van der Waals surface area contributed by atoms with E-state index >= 15 is 0 Å². The van der Waals surface area contributed by atoms with Crippen LogP contribution in [0.25, 0.3) is 0 Å². The van der Waals surface area contributed by atoms with Crippen molar-refractivity contribution in [2.75, 3.05) is 24.6 Å². The number of carbonyl (C=O) groups is 3. The predicted octanol–water partition coefficient (Wildman–Crippen LogP) is 1.06. The first kappa shape index (κ1) is 20.1. The fourth-order valence-electron chi connectivity index (χ4n) is 3.88. The summed E-state index contributed by atoms with van der Waals surface area (Å²) in [7, 11) is 0. The third-order valence-electron chi connectivity index (χ3n) is 5.48. The van der Waals surface area contributed by atoms with Gasteiger partial charge in [0.15, 0.2) is 12.2 Å². The second kappa shape index (κ2) is 8.25. The van der Waals surface area contributed by atoms with Gasteiger partial charge in [0, 0.05) is 30.9 Å². The molecule has 0 spiro atoms. The van der Waals surface area contributed by atoms with E-state index in [1.807, 2.05) is 18.2 Å². The van der Waals surface area contributed by atoms with Crippen LogP contribution in [-0.4, -0.2) is 64.8 Å². The van der Waals surface area contributed by atoms with Gasteiger partial charge in [-0.3, -0.25) is 9.59 Å². The Bertz CT molecular complexity index is 991. The Balaban J connectivity index is 1.53. The van der Waals surface area contributed by atoms with Gasteiger partial charge in [0.25, 0.3) is 11.8 Å². The fourth-order valence-corrected chi connectivity index (χ4v) is 3.88. The number of ether oxygens (including phenoxy) is 1. The number of anilines is 1. The van der Waals surface area contributed by atoms with Crippen molar-refractivity contribution in [2.45, 2.75) is 25.2 Å². The molecule has 0 bridgehead atoms. The third kappa shape index (κ3) is 3.79. The largest absolute Gasteiger partial charge is 0.479 e. The summed E-state index contributed by atoms with van der Waals surface area (Å²) in [6.45, 7) is 1.43. The van der Waals surface area contributed by atoms with Crippen LogP contribution in [0.2, 0.25) is 0 Å². The molecule has 2 amide bonds. The lowest BCUT2D eigenvalue weighted by Crippen LogP contribution is -2.54. The summed E-state index contributed by atoms with van der Waals surface area (Å²) >= 11 is 0. The molecule has 8 heteroatoms. The summed E-state index contributed by atoms with van der Waals surface area (Å²) in [4.78, 5) is 39.9. The smallest absolute Gasteiger partial charge is 0.335 e. The number of morpholine rings is 1. The molecule has 2 aromatic rings. The minimum atomic E-state index is -1.95. The summed E-state index contributed by atoms with van der Waals surface area (Å²) in [5, 5.41) is 18.7. The van der Waals surface area contributed by atoms with E-state index < -0.39 is 24.1 Å². The highest BCUT2D eigenvalue weighted by atomic mass is 16.5. The number of carboxylic acid groups (broad SMARTS) is 1. The molecule has 1 fully saturated rings. The van der Waals surface area contributed by atoms with Crippen LogP contribution in [0.1, 0.15) is 21.5 Å². The van der Waals surface area contributed by atoms with E-state index in [9.17, 15) is 19.5 Å². The zero-order chi connectivity index (χ0) is 21.3. The van der Waals surface area contributed by atoms with E-state index in [-0.39, 0.29) is 19.1 Å². The van der Waals surface area contributed by atoms with Crippen LogP contribution in [0.3, 0.4) is 0 Å². The van der Waals surface area contributed by atoms with Gasteiger partial charge in [-0.05, 0) is 35.7 Å². The lowest BCUT2D eigenvalue weighted by Gasteiger charge is -2.34. The number of fused-ring (bicyclic) bond motifs is 1. The van der Waals surface area contributed by atoms with Crippen LogP contribution < -0.4 is 4.90 Å². The molecule has 2 aliphatic rings. The molecule has 2 atom stereocenters. The van der Waals surface area contributed by atoms with Gasteiger partial charge in [-0.15, -0.1) is 0 Å². The van der Waals surface area contributed by atoms with Gasteiger partial charge in [-0.2, -0.15) is 0 Å². The standard InChI is InChI=1S/C22H22N2O6/c25-18(22(28)29)19-21(27)24(10-11-30-19)17-7-3-6-15(12-17)20(26)23-9-8-14-4-1-2-5-16(14)13-23/h1-7,12,18-19,25H,8-11,13H2,(H,28,29). The van der Waals surface area contributed by atoms with Crippen LogP contribution in [0.4, 0.5) is 5.69 Å². The van der Waals surface area contributed by atoms with Crippen LogP contribution in [0.5, 0.6) is 0 Å². The molecule has 2 N–H and O–H groups in total. The van der Waals surface area contributed by atoms with Crippen LogP contribution in [-0.2, 0) is 27.3 Å². The molecule has 0 aliphatic carbocycles. The normalized spacial score (nSPS) is 19.9. The maximum Gasteiger partial charge on any atom is 0.335 e. The number of aliphatic hydroxyl groups is 1. The molecule has 2 unspecified atom stereocenters. The lowest BCUT2D eigenvalue weighted by molar-refractivity contribution is -0.163. The van der Waals surface area contributed by atoms with Crippen molar-refractivity contribution in [3.05, 3.63) is 65.2 Å². The first-order chi connectivity index (χ1) is 14.5. The summed E-state index contributed by atoms with van der Waals surface area (Å²) < 4.78 is 5.17. The fraction of sp³-hybridized carbons (Fsp3) is 0.318. The van der Waals surface area contributed by atoms with E-state index in [2.05, 4.69) is 6.07 Å². The van der Waals surface area contributed by atoms with E-state index in [1.165, 1.54) is 10.5 Å². The molecule has 156 valence electrons. The Hall–Kier alpha value is -3.23. The predicted molar refractivity (Wildman–Crippen MR) is 107 cm³/mol.